The zero-order valence-corrected chi connectivity index (χ0v) is 13.6. The van der Waals surface area contributed by atoms with Crippen LogP contribution >= 0.6 is 0 Å². The van der Waals surface area contributed by atoms with Gasteiger partial charge in [0.2, 0.25) is 0 Å². The lowest BCUT2D eigenvalue weighted by molar-refractivity contribution is 0.239. The van der Waals surface area contributed by atoms with E-state index in [-0.39, 0.29) is 6.03 Å². The molecule has 0 unspecified atom stereocenters. The summed E-state index contributed by atoms with van der Waals surface area (Å²) in [6.07, 6.45) is 1.08. The third-order valence-corrected chi connectivity index (χ3v) is 4.29. The number of H-pyrrole nitrogens is 1. The molecule has 23 heavy (non-hydrogen) atoms. The molecule has 0 atom stereocenters. The maximum Gasteiger partial charge on any atom is 0.319 e. The molecular formula is C17H23N5O. The number of aromatic nitrogens is 2. The largest absolute Gasteiger partial charge is 0.337 e. The van der Waals surface area contributed by atoms with Crippen molar-refractivity contribution >= 4 is 11.7 Å². The van der Waals surface area contributed by atoms with E-state index >= 15 is 0 Å². The number of anilines is 1. The Bertz CT molecular complexity index is 675. The lowest BCUT2D eigenvalue weighted by atomic mass is 10.00. The summed E-state index contributed by atoms with van der Waals surface area (Å²) in [6.45, 7) is 7.24. The van der Waals surface area contributed by atoms with Gasteiger partial charge in [0.25, 0.3) is 0 Å². The van der Waals surface area contributed by atoms with Crippen molar-refractivity contribution in [3.05, 3.63) is 46.8 Å². The van der Waals surface area contributed by atoms with Gasteiger partial charge in [-0.15, -0.1) is 0 Å². The summed E-state index contributed by atoms with van der Waals surface area (Å²) in [5.74, 6) is 0. The van der Waals surface area contributed by atoms with E-state index in [9.17, 15) is 4.79 Å². The summed E-state index contributed by atoms with van der Waals surface area (Å²) in [4.78, 5) is 14.3. The molecule has 0 radical (unpaired) electrons. The first-order chi connectivity index (χ1) is 11.1. The van der Waals surface area contributed by atoms with Crippen molar-refractivity contribution in [1.29, 1.82) is 0 Å². The molecule has 1 aliphatic rings. The molecule has 0 aliphatic carbocycles. The molecule has 2 aromatic rings. The Morgan fingerprint density at radius 2 is 2.09 bits per heavy atom. The Kier molecular flexibility index (Phi) is 4.62. The fraction of sp³-hybridized carbons (Fsp3) is 0.412. The topological polar surface area (TPSA) is 73.0 Å². The van der Waals surface area contributed by atoms with Crippen LogP contribution in [0.5, 0.6) is 0 Å². The molecule has 3 rings (SSSR count). The molecule has 0 saturated heterocycles. The van der Waals surface area contributed by atoms with Crippen molar-refractivity contribution in [2.45, 2.75) is 26.8 Å². The van der Waals surface area contributed by atoms with Gasteiger partial charge in [0.1, 0.15) is 0 Å². The highest BCUT2D eigenvalue weighted by atomic mass is 16.2. The molecule has 122 valence electrons. The second-order valence-electron chi connectivity index (χ2n) is 5.98. The third kappa shape index (κ3) is 3.71. The first-order valence-electron chi connectivity index (χ1n) is 7.99. The lowest BCUT2D eigenvalue weighted by Gasteiger charge is -2.28. The number of urea groups is 1. The van der Waals surface area contributed by atoms with E-state index in [0.717, 1.165) is 43.1 Å². The number of nitrogens with zero attached hydrogens (tertiary/aromatic N) is 2. The molecule has 1 aromatic heterocycles. The smallest absolute Gasteiger partial charge is 0.319 e. The van der Waals surface area contributed by atoms with Gasteiger partial charge in [0, 0.05) is 26.2 Å². The number of fused-ring (bicyclic) bond motifs is 1. The zero-order chi connectivity index (χ0) is 16.2. The van der Waals surface area contributed by atoms with E-state index < -0.39 is 0 Å². The number of benzene rings is 1. The number of carbonyl (C=O) groups is 1. The highest BCUT2D eigenvalue weighted by Gasteiger charge is 2.15. The minimum Gasteiger partial charge on any atom is -0.337 e. The first kappa shape index (κ1) is 15.6. The Labute approximate surface area is 136 Å². The number of amides is 2. The summed E-state index contributed by atoms with van der Waals surface area (Å²) >= 11 is 0. The summed E-state index contributed by atoms with van der Waals surface area (Å²) in [7, 11) is 0. The van der Waals surface area contributed by atoms with Gasteiger partial charge in [-0.1, -0.05) is 24.3 Å². The van der Waals surface area contributed by atoms with Crippen LogP contribution in [-0.2, 0) is 13.0 Å². The van der Waals surface area contributed by atoms with E-state index in [4.69, 9.17) is 0 Å². The maximum absolute atomic E-state index is 12.0. The number of aryl methyl sites for hydroxylation is 2. The number of hydrogen-bond donors (Lipinski definition) is 3. The first-order valence-corrected chi connectivity index (χ1v) is 7.99. The molecule has 3 N–H and O–H groups in total. The van der Waals surface area contributed by atoms with Gasteiger partial charge in [-0.3, -0.25) is 10.00 Å². The number of carbonyl (C=O) groups excluding carboxylic acids is 1. The average Bonchev–Trinajstić information content (AvgIpc) is 2.87. The van der Waals surface area contributed by atoms with Crippen LogP contribution in [0.3, 0.4) is 0 Å². The molecule has 1 aliphatic heterocycles. The summed E-state index contributed by atoms with van der Waals surface area (Å²) in [6, 6.07) is 8.39. The number of aromatic amines is 1. The third-order valence-electron chi connectivity index (χ3n) is 4.29. The van der Waals surface area contributed by atoms with Crippen LogP contribution in [0.2, 0.25) is 0 Å². The Morgan fingerprint density at radius 1 is 1.30 bits per heavy atom. The average molecular weight is 313 g/mol. The molecule has 0 fully saturated rings. The van der Waals surface area contributed by atoms with Crippen LogP contribution in [0.4, 0.5) is 10.5 Å². The lowest BCUT2D eigenvalue weighted by Crippen LogP contribution is -2.39. The highest BCUT2D eigenvalue weighted by molar-refractivity contribution is 5.90. The molecule has 0 spiro atoms. The second kappa shape index (κ2) is 6.83. The van der Waals surface area contributed by atoms with Crippen LogP contribution in [0, 0.1) is 13.8 Å². The predicted molar refractivity (Wildman–Crippen MR) is 90.5 cm³/mol. The molecule has 6 heteroatoms. The van der Waals surface area contributed by atoms with E-state index in [1.807, 2.05) is 13.8 Å². The number of nitrogens with one attached hydrogen (secondary N) is 3. The minimum absolute atomic E-state index is 0.185. The molecule has 1 aromatic carbocycles. The van der Waals surface area contributed by atoms with Gasteiger partial charge in [0.05, 0.1) is 17.1 Å². The molecular weight excluding hydrogens is 290 g/mol. The molecule has 0 saturated carbocycles. The summed E-state index contributed by atoms with van der Waals surface area (Å²) < 4.78 is 0. The van der Waals surface area contributed by atoms with E-state index in [0.29, 0.717) is 6.54 Å². The SMILES string of the molecule is Cc1n[nH]c(C)c1NC(=O)NCCN1CCc2ccccc2C1. The van der Waals surface area contributed by atoms with Gasteiger partial charge in [-0.25, -0.2) is 4.79 Å². The van der Waals surface area contributed by atoms with Crippen LogP contribution in [0.15, 0.2) is 24.3 Å². The van der Waals surface area contributed by atoms with Crippen LogP contribution in [0.25, 0.3) is 0 Å². The maximum atomic E-state index is 12.0. The van der Waals surface area contributed by atoms with Crippen molar-refractivity contribution in [2.24, 2.45) is 0 Å². The summed E-state index contributed by atoms with van der Waals surface area (Å²) in [5.41, 5.74) is 5.26. The fourth-order valence-corrected chi connectivity index (χ4v) is 2.97. The zero-order valence-electron chi connectivity index (χ0n) is 13.6. The molecule has 0 bridgehead atoms. The quantitative estimate of drug-likeness (QED) is 0.810. The van der Waals surface area contributed by atoms with Gasteiger partial charge >= 0.3 is 6.03 Å². The van der Waals surface area contributed by atoms with Gasteiger partial charge in [0.15, 0.2) is 0 Å². The van der Waals surface area contributed by atoms with Gasteiger partial charge in [-0.2, -0.15) is 5.10 Å². The predicted octanol–water partition coefficient (Wildman–Crippen LogP) is 2.21. The number of rotatable bonds is 4. The van der Waals surface area contributed by atoms with Crippen molar-refractivity contribution in [1.82, 2.24) is 20.4 Å². The van der Waals surface area contributed by atoms with Crippen molar-refractivity contribution in [3.8, 4) is 0 Å². The van der Waals surface area contributed by atoms with Crippen molar-refractivity contribution in [3.63, 3.8) is 0 Å². The fourth-order valence-electron chi connectivity index (χ4n) is 2.97. The summed E-state index contributed by atoms with van der Waals surface area (Å²) in [5, 5.41) is 12.7. The highest BCUT2D eigenvalue weighted by Crippen LogP contribution is 2.18. The van der Waals surface area contributed by atoms with Crippen molar-refractivity contribution in [2.75, 3.05) is 25.0 Å². The second-order valence-corrected chi connectivity index (χ2v) is 5.98. The van der Waals surface area contributed by atoms with Gasteiger partial charge < -0.3 is 10.6 Å². The molecule has 6 nitrogen and oxygen atoms in total. The number of hydrogen-bond acceptors (Lipinski definition) is 3. The Hall–Kier alpha value is -2.34. The molecule has 2 amide bonds. The van der Waals surface area contributed by atoms with E-state index in [1.54, 1.807) is 0 Å². The van der Waals surface area contributed by atoms with Gasteiger partial charge in [-0.05, 0) is 31.4 Å². The van der Waals surface area contributed by atoms with Crippen LogP contribution in [-0.4, -0.2) is 40.8 Å². The van der Waals surface area contributed by atoms with Crippen LogP contribution in [0.1, 0.15) is 22.5 Å². The normalized spacial score (nSPS) is 14.3. The van der Waals surface area contributed by atoms with Crippen molar-refractivity contribution < 1.29 is 4.79 Å². The van der Waals surface area contributed by atoms with E-state index in [2.05, 4.69) is 50.0 Å². The van der Waals surface area contributed by atoms with E-state index in [1.165, 1.54) is 11.1 Å². The Balaban J connectivity index is 1.44. The standard InChI is InChI=1S/C17H23N5O/c1-12-16(13(2)21-20-12)19-17(23)18-8-10-22-9-7-14-5-3-4-6-15(14)11-22/h3-6H,7-11H2,1-2H3,(H,20,21)(H2,18,19,23). The minimum atomic E-state index is -0.185. The Morgan fingerprint density at radius 3 is 2.83 bits per heavy atom. The molecule has 2 heterocycles. The monoisotopic (exact) mass is 313 g/mol. The van der Waals surface area contributed by atoms with Crippen LogP contribution < -0.4 is 10.6 Å².